The quantitative estimate of drug-likeness (QED) is 0.266. The highest BCUT2D eigenvalue weighted by Gasteiger charge is 2.24. The summed E-state index contributed by atoms with van der Waals surface area (Å²) >= 11 is 0. The molecule has 126 valence electrons. The lowest BCUT2D eigenvalue weighted by Gasteiger charge is -2.21. The molecule has 3 heteroatoms. The molecule has 0 spiro atoms. The summed E-state index contributed by atoms with van der Waals surface area (Å²) in [6.07, 6.45) is 0. The largest absolute Gasteiger partial charge is 0.623 e. The number of nitrogens with zero attached hydrogens (tertiary/aromatic N) is 1. The van der Waals surface area contributed by atoms with Gasteiger partial charge in [0, 0.05) is 38.2 Å². The van der Waals surface area contributed by atoms with Gasteiger partial charge in [0.15, 0.2) is 5.54 Å². The summed E-state index contributed by atoms with van der Waals surface area (Å²) in [6, 6.07) is 12.0. The molecule has 0 radical (unpaired) electrons. The fraction of sp³-hybridized carbons (Fsp3) is 0.381. The smallest absolute Gasteiger partial charge is 0.241 e. The highest BCUT2D eigenvalue weighted by atomic mass is 16.5. The Morgan fingerprint density at radius 2 is 1.71 bits per heavy atom. The summed E-state index contributed by atoms with van der Waals surface area (Å²) in [7, 11) is 1.66. The fourth-order valence-corrected chi connectivity index (χ4v) is 2.36. The molecule has 0 saturated carbocycles. The van der Waals surface area contributed by atoms with Gasteiger partial charge in [0.1, 0.15) is 5.75 Å². The molecule has 0 atom stereocenters. The zero-order valence-electron chi connectivity index (χ0n) is 15.3. The minimum absolute atomic E-state index is 0.0824. The van der Waals surface area contributed by atoms with Crippen molar-refractivity contribution in [1.29, 1.82) is 0 Å². The van der Waals surface area contributed by atoms with E-state index in [2.05, 4.69) is 11.8 Å². The highest BCUT2D eigenvalue weighted by molar-refractivity contribution is 5.98. The molecule has 0 bridgehead atoms. The molecule has 2 aromatic carbocycles. The SMILES string of the molecule is COc1ccc2cc(C#C/C(C(C)C)=[N+](\[O-])C(C)(C)C)ccc2c1. The average molecular weight is 323 g/mol. The van der Waals surface area contributed by atoms with Crippen molar-refractivity contribution in [3.05, 3.63) is 47.2 Å². The molecule has 0 fully saturated rings. The van der Waals surface area contributed by atoms with Crippen LogP contribution >= 0.6 is 0 Å². The van der Waals surface area contributed by atoms with Crippen LogP contribution in [-0.2, 0) is 0 Å². The third-order valence-electron chi connectivity index (χ3n) is 3.76. The van der Waals surface area contributed by atoms with Gasteiger partial charge < -0.3 is 9.94 Å². The van der Waals surface area contributed by atoms with Crippen molar-refractivity contribution >= 4 is 16.5 Å². The molecule has 3 nitrogen and oxygen atoms in total. The second-order valence-corrected chi connectivity index (χ2v) is 7.18. The Kier molecular flexibility index (Phi) is 5.19. The van der Waals surface area contributed by atoms with Gasteiger partial charge in [-0.1, -0.05) is 31.9 Å². The van der Waals surface area contributed by atoms with Crippen LogP contribution in [0.3, 0.4) is 0 Å². The molecule has 2 aromatic rings. The fourth-order valence-electron chi connectivity index (χ4n) is 2.36. The van der Waals surface area contributed by atoms with Gasteiger partial charge in [0.25, 0.3) is 0 Å². The van der Waals surface area contributed by atoms with Gasteiger partial charge in [0.05, 0.1) is 7.11 Å². The molecule has 0 saturated heterocycles. The van der Waals surface area contributed by atoms with Gasteiger partial charge in [0.2, 0.25) is 5.71 Å². The van der Waals surface area contributed by atoms with E-state index in [9.17, 15) is 5.21 Å². The Hall–Kier alpha value is -2.47. The zero-order valence-corrected chi connectivity index (χ0v) is 15.3. The number of fused-ring (bicyclic) bond motifs is 1. The van der Waals surface area contributed by atoms with E-state index < -0.39 is 5.54 Å². The van der Waals surface area contributed by atoms with Crippen LogP contribution in [0, 0.1) is 23.0 Å². The number of hydrogen-bond acceptors (Lipinski definition) is 2. The van der Waals surface area contributed by atoms with Crippen LogP contribution in [0.15, 0.2) is 36.4 Å². The Bertz CT molecular complexity index is 830. The molecular weight excluding hydrogens is 298 g/mol. The molecule has 0 aromatic heterocycles. The standard InChI is InChI=1S/C21H25NO2/c1-15(2)20(22(23)21(3,4)5)12-8-16-7-9-18-14-19(24-6)11-10-17(18)13-16/h7,9-11,13-15H,1-6H3/b22-20+. The van der Waals surface area contributed by atoms with E-state index >= 15 is 0 Å². The third-order valence-corrected chi connectivity index (χ3v) is 3.76. The number of hydroxylamine groups is 1. The summed E-state index contributed by atoms with van der Waals surface area (Å²) < 4.78 is 6.27. The lowest BCUT2D eigenvalue weighted by molar-refractivity contribution is -0.536. The van der Waals surface area contributed by atoms with Crippen LogP contribution in [0.2, 0.25) is 0 Å². The topological polar surface area (TPSA) is 35.3 Å². The van der Waals surface area contributed by atoms with E-state index in [4.69, 9.17) is 4.74 Å². The molecular formula is C21H25NO2. The van der Waals surface area contributed by atoms with Crippen molar-refractivity contribution in [2.24, 2.45) is 5.92 Å². The predicted octanol–water partition coefficient (Wildman–Crippen LogP) is 4.61. The van der Waals surface area contributed by atoms with Crippen molar-refractivity contribution in [3.8, 4) is 17.6 Å². The van der Waals surface area contributed by atoms with E-state index in [0.29, 0.717) is 5.71 Å². The molecule has 24 heavy (non-hydrogen) atoms. The summed E-state index contributed by atoms with van der Waals surface area (Å²) in [5.41, 5.74) is 1.01. The number of methoxy groups -OCH3 is 1. The molecule has 0 aliphatic carbocycles. The first-order valence-electron chi connectivity index (χ1n) is 8.16. The van der Waals surface area contributed by atoms with Crippen molar-refractivity contribution < 1.29 is 9.48 Å². The summed E-state index contributed by atoms with van der Waals surface area (Å²) in [5.74, 6) is 7.14. The van der Waals surface area contributed by atoms with Crippen LogP contribution in [-0.4, -0.2) is 23.1 Å². The highest BCUT2D eigenvalue weighted by Crippen LogP contribution is 2.21. The first kappa shape index (κ1) is 17.9. The maximum absolute atomic E-state index is 12.5. The lowest BCUT2D eigenvalue weighted by Crippen LogP contribution is -2.35. The molecule has 0 N–H and O–H groups in total. The monoisotopic (exact) mass is 323 g/mol. The minimum Gasteiger partial charge on any atom is -0.623 e. The van der Waals surface area contributed by atoms with Gasteiger partial charge in [-0.2, -0.15) is 4.74 Å². The molecule has 0 heterocycles. The van der Waals surface area contributed by atoms with E-state index in [1.54, 1.807) is 7.11 Å². The Labute approximate surface area is 144 Å². The average Bonchev–Trinajstić information content (AvgIpc) is 2.53. The zero-order chi connectivity index (χ0) is 17.9. The first-order chi connectivity index (χ1) is 11.2. The van der Waals surface area contributed by atoms with Crippen LogP contribution in [0.1, 0.15) is 40.2 Å². The van der Waals surface area contributed by atoms with Gasteiger partial charge in [-0.05, 0) is 35.0 Å². The predicted molar refractivity (Wildman–Crippen MR) is 101 cm³/mol. The van der Waals surface area contributed by atoms with E-state index in [1.807, 2.05) is 71.0 Å². The summed E-state index contributed by atoms with van der Waals surface area (Å²) in [5, 5.41) is 14.7. The van der Waals surface area contributed by atoms with Gasteiger partial charge >= 0.3 is 0 Å². The second-order valence-electron chi connectivity index (χ2n) is 7.18. The van der Waals surface area contributed by atoms with Crippen LogP contribution in [0.25, 0.3) is 10.8 Å². The minimum atomic E-state index is -0.492. The van der Waals surface area contributed by atoms with E-state index in [1.165, 1.54) is 0 Å². The maximum atomic E-state index is 12.5. The van der Waals surface area contributed by atoms with Crippen molar-refractivity contribution in [3.63, 3.8) is 0 Å². The van der Waals surface area contributed by atoms with E-state index in [-0.39, 0.29) is 5.92 Å². The van der Waals surface area contributed by atoms with E-state index in [0.717, 1.165) is 26.8 Å². The van der Waals surface area contributed by atoms with Crippen molar-refractivity contribution in [2.45, 2.75) is 40.2 Å². The van der Waals surface area contributed by atoms with Crippen LogP contribution < -0.4 is 4.74 Å². The normalized spacial score (nSPS) is 12.6. The number of rotatable bonds is 2. The van der Waals surface area contributed by atoms with Crippen molar-refractivity contribution in [2.75, 3.05) is 7.11 Å². The lowest BCUT2D eigenvalue weighted by atomic mass is 10.0. The number of benzene rings is 2. The van der Waals surface area contributed by atoms with Crippen LogP contribution in [0.5, 0.6) is 5.75 Å². The van der Waals surface area contributed by atoms with Crippen LogP contribution in [0.4, 0.5) is 0 Å². The third kappa shape index (κ3) is 4.08. The molecule has 0 unspecified atom stereocenters. The number of hydrogen-bond donors (Lipinski definition) is 0. The molecule has 0 aliphatic heterocycles. The molecule has 2 rings (SSSR count). The number of ether oxygens (including phenoxy) is 1. The van der Waals surface area contributed by atoms with Gasteiger partial charge in [-0.3, -0.25) is 0 Å². The Morgan fingerprint density at radius 1 is 1.08 bits per heavy atom. The summed E-state index contributed by atoms with van der Waals surface area (Å²) in [6.45, 7) is 9.68. The Morgan fingerprint density at radius 3 is 2.29 bits per heavy atom. The second kappa shape index (κ2) is 6.97. The molecule has 0 amide bonds. The van der Waals surface area contributed by atoms with Gasteiger partial charge in [-0.25, -0.2) is 0 Å². The first-order valence-corrected chi connectivity index (χ1v) is 8.16. The summed E-state index contributed by atoms with van der Waals surface area (Å²) in [4.78, 5) is 0. The van der Waals surface area contributed by atoms with Gasteiger partial charge in [-0.15, -0.1) is 0 Å². The van der Waals surface area contributed by atoms with Crippen molar-refractivity contribution in [1.82, 2.24) is 0 Å². The Balaban J connectivity index is 2.44. The maximum Gasteiger partial charge on any atom is 0.241 e. The molecule has 0 aliphatic rings.